The van der Waals surface area contributed by atoms with Gasteiger partial charge in [0.1, 0.15) is 6.07 Å². The number of amides is 1. The van der Waals surface area contributed by atoms with Gasteiger partial charge >= 0.3 is 0 Å². The van der Waals surface area contributed by atoms with Gasteiger partial charge in [-0.1, -0.05) is 29.8 Å². The molecule has 29 heavy (non-hydrogen) atoms. The second-order valence-electron chi connectivity index (χ2n) is 6.92. The highest BCUT2D eigenvalue weighted by atomic mass is 35.5. The molecular formula is C22H22ClN5O. The summed E-state index contributed by atoms with van der Waals surface area (Å²) in [5.41, 5.74) is 5.06. The number of nitrogens with zero attached hydrogens (tertiary/aromatic N) is 4. The maximum atomic E-state index is 12.4. The lowest BCUT2D eigenvalue weighted by Crippen LogP contribution is -2.30. The number of halogens is 1. The van der Waals surface area contributed by atoms with Gasteiger partial charge in [0, 0.05) is 23.5 Å². The maximum Gasteiger partial charge on any atom is 0.238 e. The van der Waals surface area contributed by atoms with Gasteiger partial charge in [-0.3, -0.25) is 9.69 Å². The lowest BCUT2D eigenvalue weighted by Gasteiger charge is -2.17. The normalized spacial score (nSPS) is 10.8. The number of rotatable bonds is 6. The van der Waals surface area contributed by atoms with Crippen LogP contribution in [0.15, 0.2) is 48.5 Å². The predicted octanol–water partition coefficient (Wildman–Crippen LogP) is 4.08. The van der Waals surface area contributed by atoms with E-state index in [1.807, 2.05) is 66.9 Å². The highest BCUT2D eigenvalue weighted by Crippen LogP contribution is 2.21. The van der Waals surface area contributed by atoms with Crippen molar-refractivity contribution in [3.8, 4) is 11.8 Å². The molecule has 0 aliphatic heterocycles. The van der Waals surface area contributed by atoms with Gasteiger partial charge in [0.05, 0.1) is 28.5 Å². The van der Waals surface area contributed by atoms with Crippen LogP contribution in [0.2, 0.25) is 5.02 Å². The molecule has 7 heteroatoms. The van der Waals surface area contributed by atoms with Crippen LogP contribution in [0.25, 0.3) is 5.69 Å². The van der Waals surface area contributed by atoms with Gasteiger partial charge in [0.2, 0.25) is 5.91 Å². The lowest BCUT2D eigenvalue weighted by atomic mass is 10.2. The number of carbonyl (C=O) groups is 1. The largest absolute Gasteiger partial charge is 0.325 e. The zero-order valence-corrected chi connectivity index (χ0v) is 17.4. The minimum absolute atomic E-state index is 0.154. The van der Waals surface area contributed by atoms with Crippen LogP contribution in [0.4, 0.5) is 5.69 Å². The van der Waals surface area contributed by atoms with Crippen molar-refractivity contribution in [3.05, 3.63) is 76.1 Å². The Labute approximate surface area is 175 Å². The molecule has 0 fully saturated rings. The summed E-state index contributed by atoms with van der Waals surface area (Å²) in [6.45, 7) is 4.84. The van der Waals surface area contributed by atoms with Gasteiger partial charge in [-0.05, 0) is 51.2 Å². The highest BCUT2D eigenvalue weighted by Gasteiger charge is 2.16. The van der Waals surface area contributed by atoms with Gasteiger partial charge in [-0.15, -0.1) is 0 Å². The number of nitrogens with one attached hydrogen (secondary N) is 1. The van der Waals surface area contributed by atoms with Gasteiger partial charge in [0.15, 0.2) is 0 Å². The molecule has 2 aromatic carbocycles. The number of likely N-dealkylation sites (N-methyl/N-ethyl adjacent to an activating group) is 1. The number of hydrogen-bond donors (Lipinski definition) is 1. The monoisotopic (exact) mass is 407 g/mol. The summed E-state index contributed by atoms with van der Waals surface area (Å²) < 4.78 is 1.93. The Morgan fingerprint density at radius 1 is 1.24 bits per heavy atom. The van der Waals surface area contributed by atoms with E-state index in [-0.39, 0.29) is 12.5 Å². The zero-order chi connectivity index (χ0) is 21.0. The van der Waals surface area contributed by atoms with E-state index < -0.39 is 0 Å². The molecule has 148 valence electrons. The topological polar surface area (TPSA) is 74.0 Å². The first-order valence-corrected chi connectivity index (χ1v) is 9.55. The number of carbonyl (C=O) groups excluding carboxylic acids is 1. The summed E-state index contributed by atoms with van der Waals surface area (Å²) in [4.78, 5) is 14.3. The quantitative estimate of drug-likeness (QED) is 0.668. The van der Waals surface area contributed by atoms with E-state index in [9.17, 15) is 4.79 Å². The number of hydrogen-bond acceptors (Lipinski definition) is 4. The third kappa shape index (κ3) is 4.83. The summed E-state index contributed by atoms with van der Waals surface area (Å²) >= 11 is 6.02. The Morgan fingerprint density at radius 2 is 1.97 bits per heavy atom. The molecule has 1 N–H and O–H groups in total. The maximum absolute atomic E-state index is 12.4. The number of anilines is 1. The molecule has 3 rings (SSSR count). The van der Waals surface area contributed by atoms with Crippen molar-refractivity contribution < 1.29 is 4.79 Å². The SMILES string of the molecule is Cc1nn(-c2ccccc2)c(C)c1CN(C)CC(=O)Nc1ccc(C#N)c(Cl)c1. The summed E-state index contributed by atoms with van der Waals surface area (Å²) in [7, 11) is 1.89. The van der Waals surface area contributed by atoms with Gasteiger partial charge in [-0.25, -0.2) is 4.68 Å². The zero-order valence-electron chi connectivity index (χ0n) is 16.6. The van der Waals surface area contributed by atoms with E-state index in [1.54, 1.807) is 18.2 Å². The Bertz CT molecular complexity index is 1070. The predicted molar refractivity (Wildman–Crippen MR) is 114 cm³/mol. The third-order valence-electron chi connectivity index (χ3n) is 4.66. The lowest BCUT2D eigenvalue weighted by molar-refractivity contribution is -0.117. The Balaban J connectivity index is 1.66. The highest BCUT2D eigenvalue weighted by molar-refractivity contribution is 6.32. The van der Waals surface area contributed by atoms with Crippen LogP contribution in [0.3, 0.4) is 0 Å². The molecular weight excluding hydrogens is 386 g/mol. The van der Waals surface area contributed by atoms with E-state index in [4.69, 9.17) is 16.9 Å². The van der Waals surface area contributed by atoms with Crippen LogP contribution in [0, 0.1) is 25.2 Å². The van der Waals surface area contributed by atoms with E-state index in [2.05, 4.69) is 10.4 Å². The van der Waals surface area contributed by atoms with Crippen LogP contribution in [0.1, 0.15) is 22.5 Å². The van der Waals surface area contributed by atoms with Crippen LogP contribution >= 0.6 is 11.6 Å². The molecule has 3 aromatic rings. The fraction of sp³-hybridized carbons (Fsp3) is 0.227. The first-order chi connectivity index (χ1) is 13.9. The fourth-order valence-electron chi connectivity index (χ4n) is 3.18. The van der Waals surface area contributed by atoms with Gasteiger partial charge < -0.3 is 5.32 Å². The molecule has 0 saturated heterocycles. The average molecular weight is 408 g/mol. The smallest absolute Gasteiger partial charge is 0.238 e. The van der Waals surface area contributed by atoms with Crippen molar-refractivity contribution in [2.24, 2.45) is 0 Å². The van der Waals surface area contributed by atoms with Crippen molar-refractivity contribution in [1.82, 2.24) is 14.7 Å². The van der Waals surface area contributed by atoms with Crippen molar-refractivity contribution in [2.75, 3.05) is 18.9 Å². The Morgan fingerprint density at radius 3 is 2.62 bits per heavy atom. The summed E-state index contributed by atoms with van der Waals surface area (Å²) in [5, 5.41) is 16.7. The number of benzene rings is 2. The molecule has 6 nitrogen and oxygen atoms in total. The van der Waals surface area contributed by atoms with E-state index >= 15 is 0 Å². The van der Waals surface area contributed by atoms with Crippen LogP contribution in [0.5, 0.6) is 0 Å². The first-order valence-electron chi connectivity index (χ1n) is 9.17. The van der Waals surface area contributed by atoms with Crippen molar-refractivity contribution in [3.63, 3.8) is 0 Å². The van der Waals surface area contributed by atoms with Crippen molar-refractivity contribution in [2.45, 2.75) is 20.4 Å². The molecule has 0 unspecified atom stereocenters. The van der Waals surface area contributed by atoms with Gasteiger partial charge in [-0.2, -0.15) is 10.4 Å². The fourth-order valence-corrected chi connectivity index (χ4v) is 3.40. The number of aromatic nitrogens is 2. The Kier molecular flexibility index (Phi) is 6.32. The minimum atomic E-state index is -0.154. The van der Waals surface area contributed by atoms with Crippen molar-refractivity contribution >= 4 is 23.2 Å². The second kappa shape index (κ2) is 8.91. The molecule has 0 spiro atoms. The van der Waals surface area contributed by atoms with Crippen molar-refractivity contribution in [1.29, 1.82) is 5.26 Å². The molecule has 0 aliphatic carbocycles. The van der Waals surface area contributed by atoms with E-state index in [0.29, 0.717) is 22.8 Å². The molecule has 1 heterocycles. The molecule has 1 amide bonds. The molecule has 1 aromatic heterocycles. The first kappa shape index (κ1) is 20.6. The average Bonchev–Trinajstić information content (AvgIpc) is 2.97. The second-order valence-corrected chi connectivity index (χ2v) is 7.33. The molecule has 0 aliphatic rings. The summed E-state index contributed by atoms with van der Waals surface area (Å²) in [6, 6.07) is 16.8. The van der Waals surface area contributed by atoms with E-state index in [0.717, 1.165) is 22.6 Å². The third-order valence-corrected chi connectivity index (χ3v) is 4.97. The Hall–Kier alpha value is -3.14. The van der Waals surface area contributed by atoms with Gasteiger partial charge in [0.25, 0.3) is 0 Å². The minimum Gasteiger partial charge on any atom is -0.325 e. The molecule has 0 bridgehead atoms. The number of aryl methyl sites for hydroxylation is 1. The standard InChI is InChI=1S/C22H22ClN5O/c1-15-20(16(2)28(26-15)19-7-5-4-6-8-19)13-27(3)14-22(29)25-18-10-9-17(12-24)21(23)11-18/h4-11H,13-14H2,1-3H3,(H,25,29). The van der Waals surface area contributed by atoms with E-state index in [1.165, 1.54) is 0 Å². The number of para-hydroxylation sites is 1. The number of nitriles is 1. The molecule has 0 atom stereocenters. The molecule has 0 radical (unpaired) electrons. The van der Waals surface area contributed by atoms with Crippen LogP contribution in [-0.4, -0.2) is 34.2 Å². The van der Waals surface area contributed by atoms with Crippen LogP contribution in [-0.2, 0) is 11.3 Å². The molecule has 0 saturated carbocycles. The summed E-state index contributed by atoms with van der Waals surface area (Å²) in [6.07, 6.45) is 0. The van der Waals surface area contributed by atoms with Crippen LogP contribution < -0.4 is 5.32 Å². The summed E-state index contributed by atoms with van der Waals surface area (Å²) in [5.74, 6) is -0.154.